The second kappa shape index (κ2) is 15.9. The Kier molecular flexibility index (Phi) is 11.7. The lowest BCUT2D eigenvalue weighted by Crippen LogP contribution is -2.47. The fourth-order valence-electron chi connectivity index (χ4n) is 5.03. The molecule has 2 aromatic rings. The van der Waals surface area contributed by atoms with E-state index in [1.807, 2.05) is 9.80 Å². The number of benzene rings is 2. The Balaban J connectivity index is 1.44. The summed E-state index contributed by atoms with van der Waals surface area (Å²) in [5.74, 6) is -0.557. The average molecular weight is 597 g/mol. The van der Waals surface area contributed by atoms with Crippen molar-refractivity contribution in [2.45, 2.75) is 12.8 Å². The number of likely N-dealkylation sites (tertiary alicyclic amines) is 1. The highest BCUT2D eigenvalue weighted by Crippen LogP contribution is 2.29. The SMILES string of the molecule is C=NC(=C\C=N/CNc1ccc(N2CCN(CCF)CC2)c(F)c1)/C(OCN1CCCC1)=C(/N=C)c1ccc(F)c(N)c1. The van der Waals surface area contributed by atoms with Gasteiger partial charge in [0.05, 0.1) is 11.4 Å². The van der Waals surface area contributed by atoms with Crippen LogP contribution in [-0.2, 0) is 4.74 Å². The van der Waals surface area contributed by atoms with Crippen LogP contribution in [0.3, 0.4) is 0 Å². The zero-order valence-electron chi connectivity index (χ0n) is 24.3. The van der Waals surface area contributed by atoms with Crippen LogP contribution in [-0.4, -0.2) is 95.3 Å². The van der Waals surface area contributed by atoms with Gasteiger partial charge in [0.15, 0.2) is 5.76 Å². The molecule has 0 spiro atoms. The molecule has 0 amide bonds. The lowest BCUT2D eigenvalue weighted by Gasteiger charge is -2.35. The summed E-state index contributed by atoms with van der Waals surface area (Å²) in [5.41, 5.74) is 8.11. The molecule has 2 fully saturated rings. The summed E-state index contributed by atoms with van der Waals surface area (Å²) in [6.45, 7) is 12.4. The number of allylic oxidation sites excluding steroid dienone is 1. The summed E-state index contributed by atoms with van der Waals surface area (Å²) in [4.78, 5) is 18.8. The Morgan fingerprint density at radius 2 is 1.72 bits per heavy atom. The van der Waals surface area contributed by atoms with Crippen LogP contribution in [0.15, 0.2) is 68.9 Å². The summed E-state index contributed by atoms with van der Waals surface area (Å²) in [7, 11) is 0. The quantitative estimate of drug-likeness (QED) is 0.141. The summed E-state index contributed by atoms with van der Waals surface area (Å²) < 4.78 is 47.5. The molecule has 0 aromatic heterocycles. The van der Waals surface area contributed by atoms with Gasteiger partial charge < -0.3 is 20.7 Å². The number of nitrogen functional groups attached to an aromatic ring is 1. The van der Waals surface area contributed by atoms with Crippen molar-refractivity contribution >= 4 is 42.4 Å². The molecule has 9 nitrogen and oxygen atoms in total. The predicted octanol–water partition coefficient (Wildman–Crippen LogP) is 4.80. The number of piperazine rings is 1. The Labute approximate surface area is 250 Å². The normalized spacial score (nSPS) is 17.3. The minimum Gasteiger partial charge on any atom is -0.474 e. The van der Waals surface area contributed by atoms with E-state index in [1.54, 1.807) is 24.3 Å². The predicted molar refractivity (Wildman–Crippen MR) is 170 cm³/mol. The van der Waals surface area contributed by atoms with Crippen molar-refractivity contribution in [3.63, 3.8) is 0 Å². The number of alkyl halides is 1. The minimum absolute atomic E-state index is 0.0251. The summed E-state index contributed by atoms with van der Waals surface area (Å²) in [6, 6.07) is 9.26. The third-order valence-corrected chi connectivity index (χ3v) is 7.41. The highest BCUT2D eigenvalue weighted by atomic mass is 19.1. The van der Waals surface area contributed by atoms with Crippen LogP contribution in [0.25, 0.3) is 5.70 Å². The van der Waals surface area contributed by atoms with Gasteiger partial charge in [-0.05, 0) is 68.8 Å². The van der Waals surface area contributed by atoms with Crippen molar-refractivity contribution in [3.8, 4) is 0 Å². The van der Waals surface area contributed by atoms with Gasteiger partial charge in [0, 0.05) is 63.3 Å². The van der Waals surface area contributed by atoms with Gasteiger partial charge in [-0.15, -0.1) is 0 Å². The van der Waals surface area contributed by atoms with E-state index in [1.165, 1.54) is 24.4 Å². The van der Waals surface area contributed by atoms with E-state index in [0.717, 1.165) is 25.9 Å². The number of halogens is 3. The van der Waals surface area contributed by atoms with Crippen LogP contribution >= 0.6 is 0 Å². The van der Waals surface area contributed by atoms with Crippen LogP contribution in [0.2, 0.25) is 0 Å². The minimum atomic E-state index is -0.536. The van der Waals surface area contributed by atoms with Gasteiger partial charge in [0.2, 0.25) is 0 Å². The smallest absolute Gasteiger partial charge is 0.173 e. The first-order valence-electron chi connectivity index (χ1n) is 14.3. The maximum atomic E-state index is 14.9. The molecule has 0 saturated carbocycles. The molecular formula is C31H39F3N8O. The molecule has 43 heavy (non-hydrogen) atoms. The van der Waals surface area contributed by atoms with Crippen LogP contribution < -0.4 is 16.0 Å². The van der Waals surface area contributed by atoms with E-state index in [0.29, 0.717) is 73.5 Å². The van der Waals surface area contributed by atoms with Crippen molar-refractivity contribution in [1.82, 2.24) is 9.80 Å². The van der Waals surface area contributed by atoms with Crippen molar-refractivity contribution in [1.29, 1.82) is 0 Å². The van der Waals surface area contributed by atoms with Gasteiger partial charge in [0.1, 0.15) is 43.1 Å². The summed E-state index contributed by atoms with van der Waals surface area (Å²) in [6.07, 6.45) is 5.35. The van der Waals surface area contributed by atoms with E-state index >= 15 is 0 Å². The fourth-order valence-corrected chi connectivity index (χ4v) is 5.03. The van der Waals surface area contributed by atoms with E-state index < -0.39 is 5.82 Å². The molecule has 0 radical (unpaired) electrons. The molecule has 3 N–H and O–H groups in total. The number of anilines is 3. The summed E-state index contributed by atoms with van der Waals surface area (Å²) in [5, 5.41) is 3.08. The Morgan fingerprint density at radius 1 is 0.953 bits per heavy atom. The van der Waals surface area contributed by atoms with E-state index in [-0.39, 0.29) is 24.8 Å². The van der Waals surface area contributed by atoms with E-state index in [2.05, 4.69) is 38.6 Å². The Bertz CT molecular complexity index is 1350. The average Bonchev–Trinajstić information content (AvgIpc) is 3.54. The molecule has 2 saturated heterocycles. The number of ether oxygens (including phenoxy) is 1. The molecule has 0 bridgehead atoms. The fraction of sp³-hybridized carbons (Fsp3) is 0.387. The van der Waals surface area contributed by atoms with Crippen molar-refractivity contribution in [3.05, 3.63) is 71.1 Å². The number of hydrogen-bond acceptors (Lipinski definition) is 9. The molecule has 12 heteroatoms. The standard InChI is InChI=1S/C31H39F3N8O/c1-36-28(31(43-22-41-12-3-4-13-41)30(37-2)23-5-7-25(33)27(35)19-23)9-11-38-21-39-24-6-8-29(26(34)20-24)42-17-15-40(14-10-32)16-18-42/h5-9,11,19-20,39H,1-4,10,12-18,21-22,35H2/b28-9-,31-30-,38-11-. The van der Waals surface area contributed by atoms with Crippen molar-refractivity contribution in [2.24, 2.45) is 15.0 Å². The third kappa shape index (κ3) is 8.68. The zero-order valence-corrected chi connectivity index (χ0v) is 24.3. The zero-order chi connectivity index (χ0) is 30.6. The molecule has 0 atom stereocenters. The Hall–Kier alpha value is -4.16. The topological polar surface area (TPSA) is 94.1 Å². The highest BCUT2D eigenvalue weighted by molar-refractivity contribution is 5.79. The number of nitrogens with one attached hydrogen (secondary N) is 1. The lowest BCUT2D eigenvalue weighted by atomic mass is 10.1. The molecule has 0 aliphatic carbocycles. The Morgan fingerprint density at radius 3 is 2.37 bits per heavy atom. The largest absolute Gasteiger partial charge is 0.474 e. The van der Waals surface area contributed by atoms with Gasteiger partial charge in [-0.25, -0.2) is 13.2 Å². The molecule has 0 unspecified atom stereocenters. The number of nitrogens with two attached hydrogens (primary N) is 1. The van der Waals surface area contributed by atoms with Crippen LogP contribution in [0.4, 0.5) is 30.2 Å². The molecule has 2 heterocycles. The summed E-state index contributed by atoms with van der Waals surface area (Å²) >= 11 is 0. The van der Waals surface area contributed by atoms with Crippen LogP contribution in [0.1, 0.15) is 18.4 Å². The van der Waals surface area contributed by atoms with Crippen molar-refractivity contribution in [2.75, 3.05) is 81.8 Å². The first-order chi connectivity index (χ1) is 20.9. The first-order valence-corrected chi connectivity index (χ1v) is 14.3. The van der Waals surface area contributed by atoms with E-state index in [9.17, 15) is 13.2 Å². The van der Waals surface area contributed by atoms with Gasteiger partial charge >= 0.3 is 0 Å². The monoisotopic (exact) mass is 596 g/mol. The van der Waals surface area contributed by atoms with Crippen molar-refractivity contribution < 1.29 is 17.9 Å². The molecule has 2 aliphatic rings. The number of hydrogen-bond donors (Lipinski definition) is 2. The van der Waals surface area contributed by atoms with E-state index in [4.69, 9.17) is 10.5 Å². The molecule has 230 valence electrons. The van der Waals surface area contributed by atoms with Crippen LogP contribution in [0.5, 0.6) is 0 Å². The lowest BCUT2D eigenvalue weighted by molar-refractivity contribution is 0.0957. The van der Waals surface area contributed by atoms with Gasteiger partial charge in [-0.3, -0.25) is 24.8 Å². The molecule has 4 rings (SSSR count). The van der Waals surface area contributed by atoms with Crippen LogP contribution in [0, 0.1) is 11.6 Å². The second-order valence-electron chi connectivity index (χ2n) is 10.2. The maximum absolute atomic E-state index is 14.9. The number of rotatable bonds is 14. The van der Waals surface area contributed by atoms with Gasteiger partial charge in [0.25, 0.3) is 0 Å². The molecule has 2 aliphatic heterocycles. The number of aliphatic imine (C=N–C) groups is 3. The highest BCUT2D eigenvalue weighted by Gasteiger charge is 2.20. The van der Waals surface area contributed by atoms with Gasteiger partial charge in [-0.1, -0.05) is 0 Å². The third-order valence-electron chi connectivity index (χ3n) is 7.41. The maximum Gasteiger partial charge on any atom is 0.173 e. The molecular weight excluding hydrogens is 557 g/mol. The first kappa shape index (κ1) is 31.8. The number of nitrogens with zero attached hydrogens (tertiary/aromatic N) is 6. The second-order valence-corrected chi connectivity index (χ2v) is 10.2. The van der Waals surface area contributed by atoms with Gasteiger partial charge in [-0.2, -0.15) is 0 Å². The molecule has 2 aromatic carbocycles.